The summed E-state index contributed by atoms with van der Waals surface area (Å²) in [6.07, 6.45) is 2.77. The van der Waals surface area contributed by atoms with Crippen molar-refractivity contribution in [3.63, 3.8) is 0 Å². The second-order valence-corrected chi connectivity index (χ2v) is 4.51. The number of carbonyl (C=O) groups excluding carboxylic acids is 1. The first-order valence-corrected chi connectivity index (χ1v) is 5.89. The first-order valence-electron chi connectivity index (χ1n) is 5.51. The smallest absolute Gasteiger partial charge is 0.243 e. The van der Waals surface area contributed by atoms with Crippen LogP contribution in [0.2, 0.25) is 5.02 Å². The van der Waals surface area contributed by atoms with E-state index in [0.29, 0.717) is 5.02 Å². The maximum Gasteiger partial charge on any atom is 0.243 e. The molecule has 5 heteroatoms. The van der Waals surface area contributed by atoms with E-state index in [1.165, 1.54) is 0 Å². The zero-order valence-corrected chi connectivity index (χ0v) is 11.0. The van der Waals surface area contributed by atoms with E-state index in [1.807, 2.05) is 12.1 Å². The monoisotopic (exact) mass is 274 g/mol. The number of benzene rings is 1. The van der Waals surface area contributed by atoms with Gasteiger partial charge in [0.2, 0.25) is 5.91 Å². The molecule has 1 aromatic carbocycles. The van der Waals surface area contributed by atoms with Crippen LogP contribution in [0.15, 0.2) is 24.3 Å². The second-order valence-electron chi connectivity index (χ2n) is 4.07. The molecular formula is C12H16Cl2N2O. The minimum Gasteiger partial charge on any atom is -0.320 e. The first kappa shape index (κ1) is 14.3. The zero-order chi connectivity index (χ0) is 11.5. The van der Waals surface area contributed by atoms with Gasteiger partial charge in [0.15, 0.2) is 0 Å². The van der Waals surface area contributed by atoms with Gasteiger partial charge in [0.1, 0.15) is 0 Å². The van der Waals surface area contributed by atoms with E-state index in [1.54, 1.807) is 17.0 Å². The van der Waals surface area contributed by atoms with Gasteiger partial charge < -0.3 is 10.6 Å². The van der Waals surface area contributed by atoms with Gasteiger partial charge in [-0.3, -0.25) is 4.79 Å². The number of halogens is 2. The lowest BCUT2D eigenvalue weighted by atomic mass is 10.1. The number of amides is 1. The Morgan fingerprint density at radius 2 is 2.12 bits per heavy atom. The van der Waals surface area contributed by atoms with Crippen molar-refractivity contribution in [1.82, 2.24) is 0 Å². The summed E-state index contributed by atoms with van der Waals surface area (Å²) in [4.78, 5) is 13.8. The van der Waals surface area contributed by atoms with Crippen LogP contribution in [-0.4, -0.2) is 18.5 Å². The van der Waals surface area contributed by atoms with Crippen LogP contribution < -0.4 is 10.6 Å². The van der Waals surface area contributed by atoms with Crippen LogP contribution in [0.5, 0.6) is 0 Å². The van der Waals surface area contributed by atoms with Gasteiger partial charge >= 0.3 is 0 Å². The van der Waals surface area contributed by atoms with Gasteiger partial charge in [-0.15, -0.1) is 12.4 Å². The SMILES string of the molecule is Cl.N[C@H]1CCCCN(c2cccc(Cl)c2)C1=O. The van der Waals surface area contributed by atoms with Crippen molar-refractivity contribution in [1.29, 1.82) is 0 Å². The number of carbonyl (C=O) groups is 1. The molecule has 94 valence electrons. The quantitative estimate of drug-likeness (QED) is 0.856. The number of rotatable bonds is 1. The topological polar surface area (TPSA) is 46.3 Å². The van der Waals surface area contributed by atoms with E-state index in [0.717, 1.165) is 31.5 Å². The third-order valence-corrected chi connectivity index (χ3v) is 3.09. The lowest BCUT2D eigenvalue weighted by molar-refractivity contribution is -0.119. The minimum absolute atomic E-state index is 0. The van der Waals surface area contributed by atoms with Crippen LogP contribution in [0.1, 0.15) is 19.3 Å². The molecule has 2 N–H and O–H groups in total. The molecule has 0 bridgehead atoms. The molecule has 1 fully saturated rings. The number of hydrogen-bond donors (Lipinski definition) is 1. The molecule has 0 radical (unpaired) electrons. The fraction of sp³-hybridized carbons (Fsp3) is 0.417. The van der Waals surface area contributed by atoms with Crippen LogP contribution in [0, 0.1) is 0 Å². The molecule has 17 heavy (non-hydrogen) atoms. The molecule has 0 aromatic heterocycles. The summed E-state index contributed by atoms with van der Waals surface area (Å²) >= 11 is 5.92. The van der Waals surface area contributed by atoms with Gasteiger partial charge in [0, 0.05) is 17.3 Å². The van der Waals surface area contributed by atoms with Crippen molar-refractivity contribution in [3.8, 4) is 0 Å². The van der Waals surface area contributed by atoms with E-state index in [-0.39, 0.29) is 24.4 Å². The fourth-order valence-corrected chi connectivity index (χ4v) is 2.15. The Kier molecular flexibility index (Phi) is 5.25. The first-order chi connectivity index (χ1) is 7.68. The highest BCUT2D eigenvalue weighted by Crippen LogP contribution is 2.23. The number of nitrogens with zero attached hydrogens (tertiary/aromatic N) is 1. The number of nitrogens with two attached hydrogens (primary N) is 1. The highest BCUT2D eigenvalue weighted by Gasteiger charge is 2.24. The Balaban J connectivity index is 0.00000144. The Labute approximate surface area is 112 Å². The molecule has 1 amide bonds. The Bertz CT molecular complexity index is 398. The Hall–Kier alpha value is -0.770. The molecule has 0 aliphatic carbocycles. The summed E-state index contributed by atoms with van der Waals surface area (Å²) in [5.74, 6) is -0.000216. The minimum atomic E-state index is -0.374. The normalized spacial score (nSPS) is 20.7. The summed E-state index contributed by atoms with van der Waals surface area (Å²) in [5, 5.41) is 0.642. The third kappa shape index (κ3) is 3.35. The summed E-state index contributed by atoms with van der Waals surface area (Å²) in [7, 11) is 0. The second kappa shape index (κ2) is 6.24. The van der Waals surface area contributed by atoms with E-state index < -0.39 is 0 Å². The van der Waals surface area contributed by atoms with Gasteiger partial charge in [-0.1, -0.05) is 17.7 Å². The summed E-state index contributed by atoms with van der Waals surface area (Å²) in [6.45, 7) is 0.729. The van der Waals surface area contributed by atoms with E-state index in [9.17, 15) is 4.79 Å². The van der Waals surface area contributed by atoms with Crippen LogP contribution in [0.4, 0.5) is 5.69 Å². The molecule has 2 rings (SSSR count). The molecule has 1 aliphatic rings. The molecule has 1 heterocycles. The van der Waals surface area contributed by atoms with Gasteiger partial charge in [0.05, 0.1) is 6.04 Å². The lowest BCUT2D eigenvalue weighted by Crippen LogP contribution is -2.42. The predicted molar refractivity (Wildman–Crippen MR) is 72.9 cm³/mol. The van der Waals surface area contributed by atoms with Crippen molar-refractivity contribution < 1.29 is 4.79 Å². The van der Waals surface area contributed by atoms with Crippen molar-refractivity contribution in [2.45, 2.75) is 25.3 Å². The molecule has 0 spiro atoms. The Morgan fingerprint density at radius 3 is 2.82 bits per heavy atom. The maximum absolute atomic E-state index is 12.0. The van der Waals surface area contributed by atoms with E-state index in [2.05, 4.69) is 0 Å². The van der Waals surface area contributed by atoms with Crippen LogP contribution in [-0.2, 0) is 4.79 Å². The van der Waals surface area contributed by atoms with E-state index in [4.69, 9.17) is 17.3 Å². The summed E-state index contributed by atoms with van der Waals surface area (Å²) in [6, 6.07) is 6.97. The summed E-state index contributed by atoms with van der Waals surface area (Å²) in [5.41, 5.74) is 6.66. The standard InChI is InChI=1S/C12H15ClN2O.ClH/c13-9-4-3-5-10(8-9)15-7-2-1-6-11(14)12(15)16;/h3-5,8,11H,1-2,6-7,14H2;1H/t11-;/m0./s1. The fourth-order valence-electron chi connectivity index (χ4n) is 1.97. The van der Waals surface area contributed by atoms with E-state index >= 15 is 0 Å². The molecule has 1 aliphatic heterocycles. The van der Waals surface area contributed by atoms with Gasteiger partial charge in [-0.2, -0.15) is 0 Å². The molecule has 3 nitrogen and oxygen atoms in total. The van der Waals surface area contributed by atoms with Crippen molar-refractivity contribution in [2.75, 3.05) is 11.4 Å². The number of anilines is 1. The van der Waals surface area contributed by atoms with Crippen molar-refractivity contribution >= 4 is 35.6 Å². The average Bonchev–Trinajstić information content (AvgIpc) is 2.42. The zero-order valence-electron chi connectivity index (χ0n) is 9.43. The summed E-state index contributed by atoms with van der Waals surface area (Å²) < 4.78 is 0. The van der Waals surface area contributed by atoms with Crippen LogP contribution >= 0.6 is 24.0 Å². The molecule has 1 aromatic rings. The van der Waals surface area contributed by atoms with Crippen molar-refractivity contribution in [2.24, 2.45) is 5.73 Å². The molecule has 1 saturated heterocycles. The maximum atomic E-state index is 12.0. The van der Waals surface area contributed by atoms with Gasteiger partial charge in [-0.25, -0.2) is 0 Å². The molecular weight excluding hydrogens is 259 g/mol. The molecule has 0 saturated carbocycles. The third-order valence-electron chi connectivity index (χ3n) is 2.85. The largest absolute Gasteiger partial charge is 0.320 e. The predicted octanol–water partition coefficient (Wildman–Crippen LogP) is 2.61. The highest BCUT2D eigenvalue weighted by atomic mass is 35.5. The lowest BCUT2D eigenvalue weighted by Gasteiger charge is -2.22. The Morgan fingerprint density at radius 1 is 1.35 bits per heavy atom. The van der Waals surface area contributed by atoms with Gasteiger partial charge in [-0.05, 0) is 37.5 Å². The van der Waals surface area contributed by atoms with Crippen LogP contribution in [0.25, 0.3) is 0 Å². The highest BCUT2D eigenvalue weighted by molar-refractivity contribution is 6.30. The molecule has 1 atom stereocenters. The molecule has 0 unspecified atom stereocenters. The van der Waals surface area contributed by atoms with Gasteiger partial charge in [0.25, 0.3) is 0 Å². The average molecular weight is 275 g/mol. The van der Waals surface area contributed by atoms with Crippen molar-refractivity contribution in [3.05, 3.63) is 29.3 Å². The number of hydrogen-bond acceptors (Lipinski definition) is 2. The van der Waals surface area contributed by atoms with Crippen LogP contribution in [0.3, 0.4) is 0 Å².